The number of amides is 2. The molecule has 2 atom stereocenters. The molecule has 7 nitrogen and oxygen atoms in total. The van der Waals surface area contributed by atoms with E-state index >= 15 is 0 Å². The topological polar surface area (TPSA) is 96.9 Å². The highest BCUT2D eigenvalue weighted by molar-refractivity contribution is 5.90. The van der Waals surface area contributed by atoms with Gasteiger partial charge < -0.3 is 0 Å². The van der Waals surface area contributed by atoms with Crippen LogP contribution in [-0.4, -0.2) is 26.8 Å². The summed E-state index contributed by atoms with van der Waals surface area (Å²) in [4.78, 5) is 40.1. The first-order valence-electron chi connectivity index (χ1n) is 23.5. The van der Waals surface area contributed by atoms with Crippen LogP contribution in [0.2, 0.25) is 0 Å². The zero-order valence-electron chi connectivity index (χ0n) is 35.6. The van der Waals surface area contributed by atoms with Gasteiger partial charge in [0.25, 0.3) is 0 Å². The van der Waals surface area contributed by atoms with E-state index in [1.54, 1.807) is 0 Å². The van der Waals surface area contributed by atoms with Gasteiger partial charge in [0.2, 0.25) is 23.7 Å². The average Bonchev–Trinajstić information content (AvgIpc) is 3.73. The highest BCUT2D eigenvalue weighted by Gasteiger charge is 2.48. The van der Waals surface area contributed by atoms with Crippen molar-refractivity contribution in [2.75, 3.05) is 10.6 Å². The van der Waals surface area contributed by atoms with Gasteiger partial charge in [-0.2, -0.15) is 15.0 Å². The molecule has 2 aliphatic carbocycles. The number of nitrogens with zero attached hydrogens (tertiary/aromatic N) is 3. The molecule has 0 aromatic carbocycles. The predicted octanol–water partition coefficient (Wildman–Crippen LogP) is 14.3. The summed E-state index contributed by atoms with van der Waals surface area (Å²) in [5, 5.41) is 5.93. The third kappa shape index (κ3) is 19.0. The minimum atomic E-state index is -0.213. The Bertz CT molecular complexity index is 1120. The molecule has 1 heterocycles. The normalized spacial score (nSPS) is 17.6. The van der Waals surface area contributed by atoms with Gasteiger partial charge in [0.1, 0.15) is 5.82 Å². The monoisotopic (exact) mass is 750 g/mol. The maximum Gasteiger partial charge on any atom is 0.234 e. The quantitative estimate of drug-likeness (QED) is 0.0532. The second-order valence-corrected chi connectivity index (χ2v) is 17.2. The number of carbonyl (C=O) groups is 2. The van der Waals surface area contributed by atoms with Crippen LogP contribution in [0.4, 0.5) is 11.9 Å². The van der Waals surface area contributed by atoms with E-state index in [0.717, 1.165) is 44.9 Å². The summed E-state index contributed by atoms with van der Waals surface area (Å²) in [6, 6.07) is 0. The maximum atomic E-state index is 13.0. The Labute approximate surface area is 332 Å². The van der Waals surface area contributed by atoms with Gasteiger partial charge in [-0.25, -0.2) is 0 Å². The minimum absolute atomic E-state index is 0.0580. The van der Waals surface area contributed by atoms with E-state index in [0.29, 0.717) is 24.6 Å². The standard InChI is InChI=1S/C47H83N5O2/c1-4-6-8-10-12-14-16-18-20-22-24-26-28-30-32-34-42(53)48-45-50-44(47-37-36-41(39-47)38-40(47)3)51-46(52-45)49-43(54)35-33-31-29-27-25-23-21-19-17-15-13-11-9-7-5-2/h38,41H,4-37,39H2,1-3H3,(H2,48,49,50,51,52,53,54). The van der Waals surface area contributed by atoms with E-state index in [4.69, 9.17) is 9.97 Å². The summed E-state index contributed by atoms with van der Waals surface area (Å²) in [5.41, 5.74) is 1.09. The summed E-state index contributed by atoms with van der Waals surface area (Å²) in [6.07, 6.45) is 45.5. The fourth-order valence-corrected chi connectivity index (χ4v) is 8.87. The molecule has 3 rings (SSSR count). The molecule has 0 aliphatic heterocycles. The van der Waals surface area contributed by atoms with Crippen molar-refractivity contribution in [1.82, 2.24) is 15.0 Å². The Morgan fingerprint density at radius 2 is 0.870 bits per heavy atom. The Hall–Kier alpha value is -2.31. The van der Waals surface area contributed by atoms with Crippen molar-refractivity contribution in [3.63, 3.8) is 0 Å². The maximum absolute atomic E-state index is 13.0. The molecule has 2 amide bonds. The highest BCUT2D eigenvalue weighted by atomic mass is 16.2. The first kappa shape index (κ1) is 46.1. The first-order valence-corrected chi connectivity index (χ1v) is 23.5. The molecule has 2 unspecified atom stereocenters. The zero-order valence-corrected chi connectivity index (χ0v) is 35.6. The van der Waals surface area contributed by atoms with Gasteiger partial charge >= 0.3 is 0 Å². The molecule has 2 aliphatic rings. The Balaban J connectivity index is 1.30. The number of unbranched alkanes of at least 4 members (excludes halogenated alkanes) is 28. The SMILES string of the molecule is CCCCCCCCCCCCCCCCCC(=O)Nc1nc(NC(=O)CCCCCCCCCCCCCCCCC)nc(C23CCC(C=C2C)C3)n1. The van der Waals surface area contributed by atoms with Crippen LogP contribution >= 0.6 is 0 Å². The zero-order chi connectivity index (χ0) is 38.5. The third-order valence-corrected chi connectivity index (χ3v) is 12.4. The van der Waals surface area contributed by atoms with Crippen molar-refractivity contribution in [3.8, 4) is 0 Å². The van der Waals surface area contributed by atoms with Crippen LogP contribution in [0, 0.1) is 5.92 Å². The lowest BCUT2D eigenvalue weighted by molar-refractivity contribution is -0.117. The highest BCUT2D eigenvalue weighted by Crippen LogP contribution is 2.54. The number of hydrogen-bond acceptors (Lipinski definition) is 5. The first-order chi connectivity index (χ1) is 26.5. The van der Waals surface area contributed by atoms with Crippen LogP contribution < -0.4 is 10.6 Å². The number of hydrogen-bond donors (Lipinski definition) is 2. The fraction of sp³-hybridized carbons (Fsp3) is 0.851. The number of anilines is 2. The van der Waals surface area contributed by atoms with Crippen molar-refractivity contribution in [3.05, 3.63) is 17.5 Å². The fourth-order valence-electron chi connectivity index (χ4n) is 8.87. The van der Waals surface area contributed by atoms with E-state index < -0.39 is 0 Å². The molecule has 1 saturated carbocycles. The van der Waals surface area contributed by atoms with Crippen LogP contribution in [0.3, 0.4) is 0 Å². The molecule has 54 heavy (non-hydrogen) atoms. The number of allylic oxidation sites excluding steroid dienone is 2. The van der Waals surface area contributed by atoms with Gasteiger partial charge in [-0.1, -0.05) is 205 Å². The number of carbonyl (C=O) groups excluding carboxylic acids is 2. The lowest BCUT2D eigenvalue weighted by atomic mass is 9.80. The van der Waals surface area contributed by atoms with E-state index in [1.807, 2.05) is 0 Å². The van der Waals surface area contributed by atoms with E-state index in [2.05, 4.69) is 42.5 Å². The van der Waals surface area contributed by atoms with Gasteiger partial charge in [0.05, 0.1) is 5.41 Å². The Morgan fingerprint density at radius 3 is 1.17 bits per heavy atom. The molecule has 1 aromatic rings. The smallest absolute Gasteiger partial charge is 0.234 e. The van der Waals surface area contributed by atoms with Gasteiger partial charge in [-0.15, -0.1) is 0 Å². The second kappa shape index (κ2) is 29.0. The third-order valence-electron chi connectivity index (χ3n) is 12.4. The molecular weight excluding hydrogens is 667 g/mol. The lowest BCUT2D eigenvalue weighted by Crippen LogP contribution is -2.28. The molecule has 308 valence electrons. The minimum Gasteiger partial charge on any atom is -0.294 e. The largest absolute Gasteiger partial charge is 0.294 e. The molecular formula is C47H83N5O2. The van der Waals surface area contributed by atoms with Gasteiger partial charge in [-0.3, -0.25) is 20.2 Å². The van der Waals surface area contributed by atoms with Crippen molar-refractivity contribution in [1.29, 1.82) is 0 Å². The van der Waals surface area contributed by atoms with Crippen LogP contribution in [0.25, 0.3) is 0 Å². The number of rotatable bonds is 35. The molecule has 0 saturated heterocycles. The summed E-state index contributed by atoms with van der Waals surface area (Å²) >= 11 is 0. The molecule has 2 N–H and O–H groups in total. The average molecular weight is 750 g/mol. The number of nitrogens with one attached hydrogen (secondary N) is 2. The van der Waals surface area contributed by atoms with E-state index in [9.17, 15) is 9.59 Å². The predicted molar refractivity (Wildman–Crippen MR) is 229 cm³/mol. The molecule has 0 spiro atoms. The number of fused-ring (bicyclic) bond motifs is 2. The molecule has 1 aromatic heterocycles. The van der Waals surface area contributed by atoms with Crippen LogP contribution in [0.15, 0.2) is 11.6 Å². The van der Waals surface area contributed by atoms with Crippen molar-refractivity contribution in [2.45, 2.75) is 251 Å². The lowest BCUT2D eigenvalue weighted by Gasteiger charge is -2.27. The van der Waals surface area contributed by atoms with Crippen molar-refractivity contribution < 1.29 is 9.59 Å². The van der Waals surface area contributed by atoms with Gasteiger partial charge in [0.15, 0.2) is 0 Å². The van der Waals surface area contributed by atoms with Crippen molar-refractivity contribution >= 4 is 23.7 Å². The number of aromatic nitrogens is 3. The van der Waals surface area contributed by atoms with Crippen LogP contribution in [0.5, 0.6) is 0 Å². The van der Waals surface area contributed by atoms with E-state index in [1.165, 1.54) is 173 Å². The van der Waals surface area contributed by atoms with Crippen molar-refractivity contribution in [2.24, 2.45) is 5.92 Å². The summed E-state index contributed by atoms with van der Waals surface area (Å²) < 4.78 is 0. The van der Waals surface area contributed by atoms with Gasteiger partial charge in [-0.05, 0) is 44.9 Å². The molecule has 0 radical (unpaired) electrons. The Morgan fingerprint density at radius 1 is 0.537 bits per heavy atom. The second-order valence-electron chi connectivity index (χ2n) is 17.2. The molecule has 2 bridgehead atoms. The van der Waals surface area contributed by atoms with Crippen LogP contribution in [0.1, 0.15) is 251 Å². The van der Waals surface area contributed by atoms with Crippen LogP contribution in [-0.2, 0) is 15.0 Å². The summed E-state index contributed by atoms with van der Waals surface area (Å²) in [7, 11) is 0. The van der Waals surface area contributed by atoms with E-state index in [-0.39, 0.29) is 29.1 Å². The summed E-state index contributed by atoms with van der Waals surface area (Å²) in [5.74, 6) is 1.68. The summed E-state index contributed by atoms with van der Waals surface area (Å²) in [6.45, 7) is 6.73. The van der Waals surface area contributed by atoms with Gasteiger partial charge in [0, 0.05) is 12.8 Å². The molecule has 1 fully saturated rings. The molecule has 7 heteroatoms. The Kier molecular flexibility index (Phi) is 24.7.